The van der Waals surface area contributed by atoms with E-state index < -0.39 is 67.0 Å². The summed E-state index contributed by atoms with van der Waals surface area (Å²) in [5.74, 6) is -5.27. The zero-order chi connectivity index (χ0) is 25.0. The number of nitrogens with zero attached hydrogens (tertiary/aromatic N) is 1. The smallest absolute Gasteiger partial charge is 0.506 e. The topological polar surface area (TPSA) is 134 Å². The Hall–Kier alpha value is -3.22. The van der Waals surface area contributed by atoms with Crippen LogP contribution in [0.2, 0.25) is 0 Å². The van der Waals surface area contributed by atoms with E-state index in [1.807, 2.05) is 13.8 Å². The largest absolute Gasteiger partial charge is 0.552 e. The molecular formula is C21H26BF2N3O7. The molecule has 0 bridgehead atoms. The Labute approximate surface area is 195 Å². The normalized spacial score (nSPS) is 20.6. The van der Waals surface area contributed by atoms with E-state index in [0.717, 1.165) is 12.1 Å². The predicted molar refractivity (Wildman–Crippen MR) is 115 cm³/mol. The molecule has 1 aromatic carbocycles. The minimum Gasteiger partial charge on any atom is -0.506 e. The number of hydrogen-bond acceptors (Lipinski definition) is 7. The lowest BCUT2D eigenvalue weighted by Gasteiger charge is -2.41. The van der Waals surface area contributed by atoms with Gasteiger partial charge in [-0.3, -0.25) is 19.2 Å². The molecule has 2 aliphatic heterocycles. The Bertz CT molecular complexity index is 964. The van der Waals surface area contributed by atoms with Gasteiger partial charge in [-0.1, -0.05) is 13.8 Å². The number of nitrogens with one attached hydrogen (secondary N) is 2. The summed E-state index contributed by atoms with van der Waals surface area (Å²) in [5, 5.41) is 14.0. The Kier molecular flexibility index (Phi) is 8.08. The van der Waals surface area contributed by atoms with E-state index >= 15 is 0 Å². The van der Waals surface area contributed by atoms with Crippen LogP contribution in [0.4, 0.5) is 14.5 Å². The lowest BCUT2D eigenvalue weighted by molar-refractivity contribution is -0.145. The number of hydrogen-bond donors (Lipinski definition) is 3. The number of halogens is 2. The summed E-state index contributed by atoms with van der Waals surface area (Å²) in [6, 6.07) is 2.40. The Morgan fingerprint density at radius 1 is 1.29 bits per heavy atom. The quantitative estimate of drug-likeness (QED) is 0.415. The minimum absolute atomic E-state index is 0.0786. The molecule has 34 heavy (non-hydrogen) atoms. The van der Waals surface area contributed by atoms with Crippen molar-refractivity contribution in [3.63, 3.8) is 0 Å². The molecule has 0 saturated carbocycles. The van der Waals surface area contributed by atoms with Gasteiger partial charge in [0.2, 0.25) is 11.8 Å². The highest BCUT2D eigenvalue weighted by Crippen LogP contribution is 2.29. The van der Waals surface area contributed by atoms with Crippen molar-refractivity contribution in [2.45, 2.75) is 51.2 Å². The summed E-state index contributed by atoms with van der Waals surface area (Å²) < 4.78 is 37.7. The first-order chi connectivity index (χ1) is 16.0. The molecule has 2 heterocycles. The molecule has 3 rings (SSSR count). The number of amides is 2. The Balaban J connectivity index is 1.54. The summed E-state index contributed by atoms with van der Waals surface area (Å²) in [6.45, 7) is 3.78. The highest BCUT2D eigenvalue weighted by atomic mass is 19.1. The van der Waals surface area contributed by atoms with Crippen molar-refractivity contribution in [1.29, 1.82) is 0 Å². The van der Waals surface area contributed by atoms with Crippen LogP contribution in [0.5, 0.6) is 0 Å². The fourth-order valence-corrected chi connectivity index (χ4v) is 3.85. The molecule has 0 aromatic heterocycles. The predicted octanol–water partition coefficient (Wildman–Crippen LogP) is 0.635. The van der Waals surface area contributed by atoms with Crippen LogP contribution in [0.15, 0.2) is 18.2 Å². The van der Waals surface area contributed by atoms with Gasteiger partial charge in [0.05, 0.1) is 24.6 Å². The molecule has 3 atom stereocenters. The van der Waals surface area contributed by atoms with Crippen molar-refractivity contribution in [2.75, 3.05) is 18.0 Å². The van der Waals surface area contributed by atoms with Crippen LogP contribution in [0.25, 0.3) is 0 Å². The second kappa shape index (κ2) is 10.8. The van der Waals surface area contributed by atoms with E-state index in [2.05, 4.69) is 10.6 Å². The zero-order valence-corrected chi connectivity index (χ0v) is 18.8. The van der Waals surface area contributed by atoms with Crippen molar-refractivity contribution in [1.82, 2.24) is 10.6 Å². The summed E-state index contributed by atoms with van der Waals surface area (Å²) in [4.78, 5) is 49.2. The summed E-state index contributed by atoms with van der Waals surface area (Å²) in [6.07, 6.45) is -1.00. The first-order valence-electron chi connectivity index (χ1n) is 10.9. The second-order valence-electron chi connectivity index (χ2n) is 8.64. The fourth-order valence-electron chi connectivity index (χ4n) is 3.85. The first kappa shape index (κ1) is 25.4. The molecule has 3 N–H and O–H groups in total. The lowest BCUT2D eigenvalue weighted by Crippen LogP contribution is -2.58. The molecule has 0 radical (unpaired) electrons. The third kappa shape index (κ3) is 6.22. The third-order valence-corrected chi connectivity index (χ3v) is 5.52. The monoisotopic (exact) mass is 481 g/mol. The van der Waals surface area contributed by atoms with Crippen LogP contribution in [-0.2, 0) is 28.5 Å². The van der Waals surface area contributed by atoms with Gasteiger partial charge in [-0.25, -0.2) is 8.78 Å². The maximum Gasteiger partial charge on any atom is 0.552 e. The van der Waals surface area contributed by atoms with E-state index in [-0.39, 0.29) is 18.2 Å². The maximum atomic E-state index is 14.0. The van der Waals surface area contributed by atoms with Gasteiger partial charge in [0.15, 0.2) is 6.10 Å². The maximum absolute atomic E-state index is 14.0. The number of carbonyl (C=O) groups is 4. The highest BCUT2D eigenvalue weighted by molar-refractivity contribution is 6.51. The number of carboxylic acid groups (broad SMARTS) is 1. The minimum atomic E-state index is -1.26. The summed E-state index contributed by atoms with van der Waals surface area (Å²) in [7, 11) is -1.15. The van der Waals surface area contributed by atoms with E-state index in [0.29, 0.717) is 19.4 Å². The van der Waals surface area contributed by atoms with E-state index in [4.69, 9.17) is 14.4 Å². The van der Waals surface area contributed by atoms with Gasteiger partial charge in [-0.15, -0.1) is 0 Å². The standard InChI is InChI=1S/C21H26BF2N3O7/c1-11(2)7-17(22-33-16(9-19(29)30)21(32)34-22)26-18(28)10-25-20(31)15-5-6-27(15)14-4-3-12(23)8-13(14)24/h3-4,8,11,15-17H,5-7,9-10H2,1-2H3,(H,25,31)(H,26,28)(H,29,30)/t15-,16?,17-/m0/s1. The molecule has 10 nitrogen and oxygen atoms in total. The van der Waals surface area contributed by atoms with Crippen molar-refractivity contribution < 1.29 is 42.4 Å². The van der Waals surface area contributed by atoms with Gasteiger partial charge in [0, 0.05) is 12.6 Å². The molecule has 2 aliphatic rings. The van der Waals surface area contributed by atoms with Crippen molar-refractivity contribution >= 4 is 36.6 Å². The van der Waals surface area contributed by atoms with Gasteiger partial charge in [-0.05, 0) is 30.9 Å². The van der Waals surface area contributed by atoms with E-state index in [9.17, 15) is 28.0 Å². The van der Waals surface area contributed by atoms with E-state index in [1.54, 1.807) is 0 Å². The molecule has 184 valence electrons. The molecule has 2 saturated heterocycles. The molecule has 2 fully saturated rings. The second-order valence-corrected chi connectivity index (χ2v) is 8.64. The Morgan fingerprint density at radius 2 is 2.03 bits per heavy atom. The number of rotatable bonds is 10. The van der Waals surface area contributed by atoms with Gasteiger partial charge >= 0.3 is 19.1 Å². The molecular weight excluding hydrogens is 455 g/mol. The summed E-state index contributed by atoms with van der Waals surface area (Å²) >= 11 is 0. The molecule has 2 amide bonds. The van der Waals surface area contributed by atoms with Crippen LogP contribution in [0.3, 0.4) is 0 Å². The van der Waals surface area contributed by atoms with E-state index in [1.165, 1.54) is 11.0 Å². The van der Waals surface area contributed by atoms with Crippen LogP contribution in [-0.4, -0.2) is 67.2 Å². The zero-order valence-electron chi connectivity index (χ0n) is 18.8. The van der Waals surface area contributed by atoms with Crippen molar-refractivity contribution in [3.8, 4) is 0 Å². The van der Waals surface area contributed by atoms with Gasteiger partial charge in [-0.2, -0.15) is 0 Å². The Morgan fingerprint density at radius 3 is 2.62 bits per heavy atom. The fraction of sp³-hybridized carbons (Fsp3) is 0.524. The molecule has 1 aromatic rings. The number of aliphatic carboxylic acids is 1. The van der Waals surface area contributed by atoms with Gasteiger partial charge < -0.3 is 29.9 Å². The first-order valence-corrected chi connectivity index (χ1v) is 10.9. The lowest BCUT2D eigenvalue weighted by atomic mass is 9.74. The molecule has 0 spiro atoms. The highest BCUT2D eigenvalue weighted by Gasteiger charge is 2.46. The molecule has 0 aliphatic carbocycles. The van der Waals surface area contributed by atoms with Crippen molar-refractivity contribution in [2.24, 2.45) is 5.92 Å². The molecule has 1 unspecified atom stereocenters. The number of anilines is 1. The average Bonchev–Trinajstić information content (AvgIpc) is 3.06. The number of carboxylic acids is 1. The SMILES string of the molecule is CC(C)C[C@H](NC(=O)CNC(=O)[C@@H]1CCN1c1ccc(F)cc1F)B1OC(=O)C(CC(=O)O)O1. The van der Waals surface area contributed by atoms with Crippen LogP contribution < -0.4 is 15.5 Å². The third-order valence-electron chi connectivity index (χ3n) is 5.52. The van der Waals surface area contributed by atoms with Crippen LogP contribution >= 0.6 is 0 Å². The van der Waals surface area contributed by atoms with Gasteiger partial charge in [0.1, 0.15) is 17.7 Å². The average molecular weight is 481 g/mol. The number of benzene rings is 1. The van der Waals surface area contributed by atoms with Crippen LogP contribution in [0.1, 0.15) is 33.1 Å². The molecule has 13 heteroatoms. The van der Waals surface area contributed by atoms with Gasteiger partial charge in [0.25, 0.3) is 0 Å². The number of carbonyl (C=O) groups excluding carboxylic acids is 3. The van der Waals surface area contributed by atoms with Crippen molar-refractivity contribution in [3.05, 3.63) is 29.8 Å². The summed E-state index contributed by atoms with van der Waals surface area (Å²) in [5.41, 5.74) is 0.102. The van der Waals surface area contributed by atoms with Crippen LogP contribution in [0, 0.1) is 17.6 Å².